The Bertz CT molecular complexity index is 748. The summed E-state index contributed by atoms with van der Waals surface area (Å²) in [5.74, 6) is -1.67. The van der Waals surface area contributed by atoms with Gasteiger partial charge in [0.1, 0.15) is 11.3 Å². The number of azo groups is 1. The summed E-state index contributed by atoms with van der Waals surface area (Å²) in [6.07, 6.45) is 0. The Hall–Kier alpha value is -2.29. The Morgan fingerprint density at radius 3 is 2.32 bits per heavy atom. The van der Waals surface area contributed by atoms with E-state index in [1.54, 1.807) is 0 Å². The minimum atomic E-state index is -1.29. The van der Waals surface area contributed by atoms with Gasteiger partial charge in [0.05, 0.1) is 16.3 Å². The van der Waals surface area contributed by atoms with Gasteiger partial charge in [-0.25, -0.2) is 4.79 Å². The standard InChI is InChI=1S/C13H9N3O5.Na.H/c17-12-5-4-9(7-11(12)13(18)19)15-14-8-2-1-3-10(6-8)16(20)21;;/h1-7,17H,(H,18,19);;. The van der Waals surface area contributed by atoms with Crippen molar-refractivity contribution in [2.24, 2.45) is 10.2 Å². The van der Waals surface area contributed by atoms with Crippen molar-refractivity contribution in [2.75, 3.05) is 0 Å². The summed E-state index contributed by atoms with van der Waals surface area (Å²) >= 11 is 0. The number of aromatic carboxylic acids is 1. The fraction of sp³-hybridized carbons (Fsp3) is 0. The Balaban J connectivity index is 0.00000242. The number of rotatable bonds is 4. The van der Waals surface area contributed by atoms with Crippen molar-refractivity contribution in [1.29, 1.82) is 0 Å². The van der Waals surface area contributed by atoms with Gasteiger partial charge in [0.2, 0.25) is 0 Å². The molecule has 0 aliphatic carbocycles. The molecule has 0 aliphatic rings. The summed E-state index contributed by atoms with van der Waals surface area (Å²) < 4.78 is 0. The van der Waals surface area contributed by atoms with Crippen LogP contribution >= 0.6 is 0 Å². The van der Waals surface area contributed by atoms with Crippen molar-refractivity contribution < 1.29 is 19.9 Å². The Kier molecular flexibility index (Phi) is 6.17. The first kappa shape index (κ1) is 17.8. The number of hydrogen-bond acceptors (Lipinski definition) is 6. The molecule has 0 aromatic heterocycles. The van der Waals surface area contributed by atoms with Gasteiger partial charge in [0.15, 0.2) is 0 Å². The summed E-state index contributed by atoms with van der Waals surface area (Å²) in [6, 6.07) is 9.26. The van der Waals surface area contributed by atoms with Crippen LogP contribution in [-0.2, 0) is 0 Å². The van der Waals surface area contributed by atoms with Gasteiger partial charge in [0.25, 0.3) is 5.69 Å². The second kappa shape index (κ2) is 7.64. The number of phenols is 1. The van der Waals surface area contributed by atoms with Gasteiger partial charge < -0.3 is 10.2 Å². The number of nitro groups is 1. The molecule has 2 aromatic rings. The van der Waals surface area contributed by atoms with Crippen molar-refractivity contribution in [2.45, 2.75) is 0 Å². The van der Waals surface area contributed by atoms with Crippen LogP contribution in [0, 0.1) is 10.1 Å². The van der Waals surface area contributed by atoms with Crippen LogP contribution in [0.15, 0.2) is 52.7 Å². The van der Waals surface area contributed by atoms with Gasteiger partial charge in [-0.05, 0) is 24.3 Å². The number of nitrogens with zero attached hydrogens (tertiary/aromatic N) is 3. The Morgan fingerprint density at radius 1 is 1.09 bits per heavy atom. The van der Waals surface area contributed by atoms with E-state index < -0.39 is 10.9 Å². The van der Waals surface area contributed by atoms with E-state index in [-0.39, 0.29) is 57.9 Å². The molecule has 0 bridgehead atoms. The normalized spacial score (nSPS) is 10.2. The molecule has 0 radical (unpaired) electrons. The Labute approximate surface area is 146 Å². The van der Waals surface area contributed by atoms with Crippen LogP contribution in [0.4, 0.5) is 17.1 Å². The molecule has 0 saturated carbocycles. The minimum absolute atomic E-state index is 0. The summed E-state index contributed by atoms with van der Waals surface area (Å²) in [6.45, 7) is 0. The Morgan fingerprint density at radius 2 is 1.73 bits per heavy atom. The van der Waals surface area contributed by atoms with Gasteiger partial charge >= 0.3 is 35.5 Å². The number of nitro benzene ring substituents is 1. The molecule has 2 N–H and O–H groups in total. The molecule has 0 unspecified atom stereocenters. The SMILES string of the molecule is O=C(O)c1cc(N=Nc2cccc([N+](=O)[O-])c2)ccc1O.[NaH]. The van der Waals surface area contributed by atoms with E-state index >= 15 is 0 Å². The average Bonchev–Trinajstić information content (AvgIpc) is 2.46. The van der Waals surface area contributed by atoms with Crippen LogP contribution in [0.2, 0.25) is 0 Å². The van der Waals surface area contributed by atoms with E-state index in [9.17, 15) is 20.0 Å². The number of hydrogen-bond donors (Lipinski definition) is 2. The fourth-order valence-electron chi connectivity index (χ4n) is 1.54. The summed E-state index contributed by atoms with van der Waals surface area (Å²) in [5.41, 5.74) is 0.0414. The molecule has 8 nitrogen and oxygen atoms in total. The first-order valence-electron chi connectivity index (χ1n) is 5.70. The van der Waals surface area contributed by atoms with Gasteiger partial charge in [-0.15, -0.1) is 0 Å². The van der Waals surface area contributed by atoms with Gasteiger partial charge in [-0.2, -0.15) is 10.2 Å². The van der Waals surface area contributed by atoms with Crippen molar-refractivity contribution in [3.63, 3.8) is 0 Å². The van der Waals surface area contributed by atoms with Crippen molar-refractivity contribution in [3.05, 3.63) is 58.1 Å². The van der Waals surface area contributed by atoms with E-state index in [2.05, 4.69) is 10.2 Å². The quantitative estimate of drug-likeness (QED) is 0.388. The van der Waals surface area contributed by atoms with E-state index in [0.29, 0.717) is 0 Å². The molecule has 108 valence electrons. The third kappa shape index (κ3) is 4.35. The van der Waals surface area contributed by atoms with E-state index in [0.717, 1.165) is 6.07 Å². The van der Waals surface area contributed by atoms with Crippen LogP contribution in [-0.4, -0.2) is 50.7 Å². The number of non-ortho nitro benzene ring substituents is 1. The number of benzene rings is 2. The maximum atomic E-state index is 10.9. The first-order valence-corrected chi connectivity index (χ1v) is 5.70. The zero-order valence-electron chi connectivity index (χ0n) is 10.5. The molecule has 0 fully saturated rings. The molecular formula is C13H10N3NaO5. The van der Waals surface area contributed by atoms with Crippen molar-refractivity contribution in [3.8, 4) is 5.75 Å². The number of aromatic hydroxyl groups is 1. The monoisotopic (exact) mass is 311 g/mol. The van der Waals surface area contributed by atoms with Crippen LogP contribution in [0.5, 0.6) is 5.75 Å². The van der Waals surface area contributed by atoms with Gasteiger partial charge in [-0.1, -0.05) is 6.07 Å². The predicted molar refractivity (Wildman–Crippen MR) is 79.5 cm³/mol. The topological polar surface area (TPSA) is 125 Å². The fourth-order valence-corrected chi connectivity index (χ4v) is 1.54. The van der Waals surface area contributed by atoms with Gasteiger partial charge in [-0.3, -0.25) is 10.1 Å². The predicted octanol–water partition coefficient (Wildman–Crippen LogP) is 2.77. The molecule has 2 aromatic carbocycles. The summed E-state index contributed by atoms with van der Waals surface area (Å²) in [7, 11) is 0. The maximum absolute atomic E-state index is 10.9. The molecule has 22 heavy (non-hydrogen) atoms. The van der Waals surface area contributed by atoms with Gasteiger partial charge in [0, 0.05) is 12.1 Å². The molecule has 0 atom stereocenters. The zero-order valence-corrected chi connectivity index (χ0v) is 10.5. The third-order valence-electron chi connectivity index (χ3n) is 2.53. The van der Waals surface area contributed by atoms with E-state index in [1.807, 2.05) is 0 Å². The van der Waals surface area contributed by atoms with E-state index in [4.69, 9.17) is 5.11 Å². The first-order chi connectivity index (χ1) is 9.97. The molecule has 0 heterocycles. The second-order valence-corrected chi connectivity index (χ2v) is 3.98. The number of carboxylic acid groups (broad SMARTS) is 1. The number of carboxylic acids is 1. The van der Waals surface area contributed by atoms with Crippen LogP contribution in [0.25, 0.3) is 0 Å². The third-order valence-corrected chi connectivity index (χ3v) is 2.53. The average molecular weight is 311 g/mol. The second-order valence-electron chi connectivity index (χ2n) is 3.98. The zero-order chi connectivity index (χ0) is 15.4. The van der Waals surface area contributed by atoms with Crippen molar-refractivity contribution in [1.82, 2.24) is 0 Å². The molecule has 0 aliphatic heterocycles. The van der Waals surface area contributed by atoms with E-state index in [1.165, 1.54) is 36.4 Å². The molecule has 2 rings (SSSR count). The molecule has 0 spiro atoms. The van der Waals surface area contributed by atoms with Crippen LogP contribution in [0.3, 0.4) is 0 Å². The molecule has 0 amide bonds. The summed E-state index contributed by atoms with van der Waals surface area (Å²) in [5, 5.41) is 36.4. The molecule has 0 saturated heterocycles. The molecule has 9 heteroatoms. The number of carbonyl (C=O) groups is 1. The van der Waals surface area contributed by atoms with Crippen LogP contribution in [0.1, 0.15) is 10.4 Å². The summed E-state index contributed by atoms with van der Waals surface area (Å²) in [4.78, 5) is 20.9. The van der Waals surface area contributed by atoms with Crippen LogP contribution < -0.4 is 0 Å². The van der Waals surface area contributed by atoms with Crippen molar-refractivity contribution >= 4 is 52.6 Å². The molecular weight excluding hydrogens is 301 g/mol.